The number of nitrogens with one attached hydrogen (secondary N) is 1. The normalized spacial score (nSPS) is 13.1. The van der Waals surface area contributed by atoms with E-state index in [1.165, 1.54) is 12.1 Å². The Hall–Kier alpha value is -2.88. The predicted octanol–water partition coefficient (Wildman–Crippen LogP) is 2.42. The van der Waals surface area contributed by atoms with E-state index in [0.717, 1.165) is 0 Å². The van der Waals surface area contributed by atoms with E-state index in [4.69, 9.17) is 18.9 Å². The molecule has 0 aromatic heterocycles. The summed E-state index contributed by atoms with van der Waals surface area (Å²) >= 11 is 0. The lowest BCUT2D eigenvalue weighted by Gasteiger charge is -2.20. The van der Waals surface area contributed by atoms with Crippen LogP contribution in [0.15, 0.2) is 12.1 Å². The molecule has 27 heavy (non-hydrogen) atoms. The third kappa shape index (κ3) is 6.41. The summed E-state index contributed by atoms with van der Waals surface area (Å²) in [7, 11) is 0. The zero-order valence-corrected chi connectivity index (χ0v) is 15.4. The van der Waals surface area contributed by atoms with Crippen molar-refractivity contribution < 1.29 is 33.5 Å². The first-order valence-electron chi connectivity index (χ1n) is 8.29. The number of hydrogen-bond acceptors (Lipinski definition) is 8. The zero-order chi connectivity index (χ0) is 20.0. The minimum Gasteiger partial charge on any atom is -0.467 e. The quantitative estimate of drug-likeness (QED) is 0.451. The van der Waals surface area contributed by atoms with Crippen molar-refractivity contribution in [3.63, 3.8) is 0 Å². The van der Waals surface area contributed by atoms with Gasteiger partial charge in [-0.2, -0.15) is 0 Å². The van der Waals surface area contributed by atoms with Gasteiger partial charge < -0.3 is 24.3 Å². The standard InChI is InChI=1S/C17H22N2O8/c1-17(2,3)27-16(21)18-5-4-14(20)25-9-12-7-13(19(22)23)6-11-8-24-10-26-15(11)12/h6-7H,4-5,8-10H2,1-3H3,(H,18,21). The number of carbonyl (C=O) groups excluding carboxylic acids is 2. The van der Waals surface area contributed by atoms with Gasteiger partial charge in [0.15, 0.2) is 6.79 Å². The average Bonchev–Trinajstić information content (AvgIpc) is 2.57. The number of non-ortho nitro benzene ring substituents is 1. The highest BCUT2D eigenvalue weighted by molar-refractivity contribution is 5.72. The van der Waals surface area contributed by atoms with Crippen molar-refractivity contribution in [2.45, 2.75) is 46.0 Å². The van der Waals surface area contributed by atoms with Gasteiger partial charge in [0.1, 0.15) is 18.0 Å². The topological polar surface area (TPSA) is 126 Å². The monoisotopic (exact) mass is 382 g/mol. The van der Waals surface area contributed by atoms with Crippen LogP contribution in [0.1, 0.15) is 38.3 Å². The maximum atomic E-state index is 11.9. The highest BCUT2D eigenvalue weighted by Crippen LogP contribution is 2.33. The highest BCUT2D eigenvalue weighted by atomic mass is 16.7. The SMILES string of the molecule is CC(C)(C)OC(=O)NCCC(=O)OCc1cc([N+](=O)[O-])cc2c1OCOC2. The lowest BCUT2D eigenvalue weighted by molar-refractivity contribution is -0.385. The molecule has 1 N–H and O–H groups in total. The summed E-state index contributed by atoms with van der Waals surface area (Å²) in [6.45, 7) is 5.25. The third-order valence-corrected chi connectivity index (χ3v) is 3.37. The van der Waals surface area contributed by atoms with Gasteiger partial charge in [0.2, 0.25) is 0 Å². The molecule has 0 radical (unpaired) electrons. The smallest absolute Gasteiger partial charge is 0.407 e. The Morgan fingerprint density at radius 3 is 2.74 bits per heavy atom. The van der Waals surface area contributed by atoms with Crippen LogP contribution in [0, 0.1) is 10.1 Å². The van der Waals surface area contributed by atoms with Crippen LogP contribution < -0.4 is 10.1 Å². The van der Waals surface area contributed by atoms with Crippen LogP contribution in [0.25, 0.3) is 0 Å². The summed E-state index contributed by atoms with van der Waals surface area (Å²) < 4.78 is 20.7. The number of fused-ring (bicyclic) bond motifs is 1. The maximum Gasteiger partial charge on any atom is 0.407 e. The lowest BCUT2D eigenvalue weighted by Crippen LogP contribution is -2.33. The molecule has 1 aromatic carbocycles. The van der Waals surface area contributed by atoms with Gasteiger partial charge in [0.05, 0.1) is 18.0 Å². The van der Waals surface area contributed by atoms with Crippen LogP contribution >= 0.6 is 0 Å². The van der Waals surface area contributed by atoms with Crippen molar-refractivity contribution in [2.75, 3.05) is 13.3 Å². The molecule has 10 heteroatoms. The molecule has 0 aliphatic carbocycles. The molecule has 1 aromatic rings. The number of nitrogens with zero attached hydrogens (tertiary/aromatic N) is 1. The van der Waals surface area contributed by atoms with Crippen molar-refractivity contribution in [3.05, 3.63) is 33.4 Å². The van der Waals surface area contributed by atoms with Crippen molar-refractivity contribution >= 4 is 17.7 Å². The van der Waals surface area contributed by atoms with Crippen molar-refractivity contribution in [1.29, 1.82) is 0 Å². The fraction of sp³-hybridized carbons (Fsp3) is 0.529. The molecule has 0 atom stereocenters. The molecule has 1 heterocycles. The summed E-state index contributed by atoms with van der Waals surface area (Å²) in [5.74, 6) is -0.148. The van der Waals surface area contributed by atoms with E-state index in [1.54, 1.807) is 20.8 Å². The van der Waals surface area contributed by atoms with E-state index in [9.17, 15) is 19.7 Å². The van der Waals surface area contributed by atoms with Gasteiger partial charge in [-0.05, 0) is 20.8 Å². The second-order valence-electron chi connectivity index (χ2n) is 6.80. The van der Waals surface area contributed by atoms with Gasteiger partial charge in [0, 0.05) is 29.8 Å². The molecule has 0 saturated heterocycles. The Bertz CT molecular complexity index is 726. The van der Waals surface area contributed by atoms with E-state index in [-0.39, 0.29) is 38.7 Å². The number of amides is 1. The summed E-state index contributed by atoms with van der Waals surface area (Å²) in [6.07, 6.45) is -0.697. The molecule has 0 spiro atoms. The lowest BCUT2D eigenvalue weighted by atomic mass is 10.1. The van der Waals surface area contributed by atoms with Gasteiger partial charge in [-0.3, -0.25) is 14.9 Å². The average molecular weight is 382 g/mol. The van der Waals surface area contributed by atoms with Crippen molar-refractivity contribution in [2.24, 2.45) is 0 Å². The largest absolute Gasteiger partial charge is 0.467 e. The minimum absolute atomic E-state index is 0.0194. The molecule has 1 aliphatic rings. The second-order valence-corrected chi connectivity index (χ2v) is 6.80. The first-order valence-corrected chi connectivity index (χ1v) is 8.29. The molecular weight excluding hydrogens is 360 g/mol. The van der Waals surface area contributed by atoms with E-state index >= 15 is 0 Å². The molecule has 0 fully saturated rings. The highest BCUT2D eigenvalue weighted by Gasteiger charge is 2.22. The van der Waals surface area contributed by atoms with Gasteiger partial charge >= 0.3 is 12.1 Å². The molecule has 1 aliphatic heterocycles. The molecule has 1 amide bonds. The number of hydrogen-bond donors (Lipinski definition) is 1. The van der Waals surface area contributed by atoms with Crippen molar-refractivity contribution in [3.8, 4) is 5.75 Å². The zero-order valence-electron chi connectivity index (χ0n) is 15.4. The van der Waals surface area contributed by atoms with E-state index in [2.05, 4.69) is 5.32 Å². The fourth-order valence-corrected chi connectivity index (χ4v) is 2.30. The Kier molecular flexibility index (Phi) is 6.56. The molecular formula is C17H22N2O8. The van der Waals surface area contributed by atoms with E-state index < -0.39 is 22.6 Å². The number of nitro groups is 1. The Labute approximate surface area is 155 Å². The Morgan fingerprint density at radius 2 is 2.07 bits per heavy atom. The van der Waals surface area contributed by atoms with Gasteiger partial charge in [-0.15, -0.1) is 0 Å². The number of benzene rings is 1. The molecule has 148 valence electrons. The number of alkyl carbamates (subject to hydrolysis) is 1. The fourth-order valence-electron chi connectivity index (χ4n) is 2.30. The summed E-state index contributed by atoms with van der Waals surface area (Å²) in [4.78, 5) is 33.9. The van der Waals surface area contributed by atoms with Crippen LogP contribution in [0.2, 0.25) is 0 Å². The van der Waals surface area contributed by atoms with Crippen LogP contribution in [0.4, 0.5) is 10.5 Å². The third-order valence-electron chi connectivity index (χ3n) is 3.37. The summed E-state index contributed by atoms with van der Waals surface area (Å²) in [6, 6.07) is 2.67. The van der Waals surface area contributed by atoms with E-state index in [1.807, 2.05) is 0 Å². The molecule has 0 unspecified atom stereocenters. The van der Waals surface area contributed by atoms with Crippen LogP contribution in [0.5, 0.6) is 5.75 Å². The number of esters is 1. The number of carbonyl (C=O) groups is 2. The number of ether oxygens (including phenoxy) is 4. The van der Waals surface area contributed by atoms with Crippen LogP contribution in [-0.2, 0) is 32.2 Å². The van der Waals surface area contributed by atoms with Gasteiger partial charge in [0.25, 0.3) is 5.69 Å². The maximum absolute atomic E-state index is 11.9. The van der Waals surface area contributed by atoms with Crippen LogP contribution in [-0.4, -0.2) is 35.9 Å². The Balaban J connectivity index is 1.88. The van der Waals surface area contributed by atoms with Crippen LogP contribution in [0.3, 0.4) is 0 Å². The van der Waals surface area contributed by atoms with Crippen molar-refractivity contribution in [1.82, 2.24) is 5.32 Å². The van der Waals surface area contributed by atoms with E-state index in [0.29, 0.717) is 16.9 Å². The van der Waals surface area contributed by atoms with Gasteiger partial charge in [-0.1, -0.05) is 0 Å². The summed E-state index contributed by atoms with van der Waals surface area (Å²) in [5, 5.41) is 13.5. The molecule has 0 bridgehead atoms. The van der Waals surface area contributed by atoms with Gasteiger partial charge in [-0.25, -0.2) is 4.79 Å². The molecule has 10 nitrogen and oxygen atoms in total. The number of nitro benzene ring substituents is 1. The second kappa shape index (κ2) is 8.67. The number of rotatable bonds is 6. The first kappa shape index (κ1) is 20.4. The minimum atomic E-state index is -0.630. The summed E-state index contributed by atoms with van der Waals surface area (Å²) in [5.41, 5.74) is 0.139. The molecule has 0 saturated carbocycles. The molecule has 2 rings (SSSR count). The Morgan fingerprint density at radius 1 is 1.33 bits per heavy atom. The first-order chi connectivity index (χ1) is 12.7. The predicted molar refractivity (Wildman–Crippen MR) is 92.0 cm³/mol.